The number of rotatable bonds is 3. The van der Waals surface area contributed by atoms with Gasteiger partial charge in [0, 0.05) is 43.3 Å². The number of fused-ring (bicyclic) bond motifs is 3. The van der Waals surface area contributed by atoms with Crippen LogP contribution < -0.4 is 4.90 Å². The van der Waals surface area contributed by atoms with E-state index in [0.29, 0.717) is 48.0 Å². The first-order valence-corrected chi connectivity index (χ1v) is 10.9. The van der Waals surface area contributed by atoms with Crippen LogP contribution >= 0.6 is 11.3 Å². The van der Waals surface area contributed by atoms with Crippen LogP contribution in [0, 0.1) is 0 Å². The normalized spacial score (nSPS) is 16.6. The summed E-state index contributed by atoms with van der Waals surface area (Å²) in [6.45, 7) is 7.44. The molecule has 0 N–H and O–H groups in total. The fraction of sp³-hybridized carbons (Fsp3) is 0.476. The maximum Gasteiger partial charge on any atom is 0.257 e. The molecule has 0 saturated carbocycles. The maximum atomic E-state index is 13.0. The van der Waals surface area contributed by atoms with Crippen molar-refractivity contribution in [1.29, 1.82) is 0 Å². The van der Waals surface area contributed by atoms with Gasteiger partial charge in [0.1, 0.15) is 17.4 Å². The highest BCUT2D eigenvalue weighted by molar-refractivity contribution is 7.17. The molecular weight excluding hydrogens is 402 g/mol. The number of amides is 3. The van der Waals surface area contributed by atoms with E-state index in [2.05, 4.69) is 9.97 Å². The molecule has 0 fully saturated rings. The number of thiophene rings is 1. The predicted molar refractivity (Wildman–Crippen MR) is 114 cm³/mol. The number of nitrogens with zero attached hydrogens (tertiary/aromatic N) is 5. The summed E-state index contributed by atoms with van der Waals surface area (Å²) >= 11 is 1.45. The smallest absolute Gasteiger partial charge is 0.257 e. The van der Waals surface area contributed by atoms with Crippen LogP contribution in [0.15, 0.2) is 12.4 Å². The maximum absolute atomic E-state index is 13.0. The highest BCUT2D eigenvalue weighted by atomic mass is 32.1. The summed E-state index contributed by atoms with van der Waals surface area (Å²) in [7, 11) is 1.66. The van der Waals surface area contributed by atoms with Crippen molar-refractivity contribution < 1.29 is 14.4 Å². The van der Waals surface area contributed by atoms with E-state index in [1.807, 2.05) is 20.8 Å². The first-order chi connectivity index (χ1) is 14.3. The Morgan fingerprint density at radius 1 is 1.20 bits per heavy atom. The van der Waals surface area contributed by atoms with Crippen LogP contribution in [0.25, 0.3) is 0 Å². The molecule has 30 heavy (non-hydrogen) atoms. The van der Waals surface area contributed by atoms with Gasteiger partial charge in [0.25, 0.3) is 11.8 Å². The molecule has 0 bridgehead atoms. The monoisotopic (exact) mass is 427 g/mol. The summed E-state index contributed by atoms with van der Waals surface area (Å²) in [6.07, 6.45) is 3.75. The zero-order valence-corrected chi connectivity index (χ0v) is 18.5. The molecule has 2 aliphatic rings. The number of hydrogen-bond donors (Lipinski definition) is 0. The van der Waals surface area contributed by atoms with Gasteiger partial charge >= 0.3 is 0 Å². The molecule has 158 valence electrons. The van der Waals surface area contributed by atoms with E-state index in [-0.39, 0.29) is 30.2 Å². The number of likely N-dealkylation sites (N-methyl/N-ethyl adjacent to an activating group) is 2. The fourth-order valence-electron chi connectivity index (χ4n) is 3.89. The highest BCUT2D eigenvalue weighted by Gasteiger charge is 2.37. The Balaban J connectivity index is 1.64. The lowest BCUT2D eigenvalue weighted by molar-refractivity contribution is -0.118. The minimum Gasteiger partial charge on any atom is -0.333 e. The highest BCUT2D eigenvalue weighted by Crippen LogP contribution is 2.41. The van der Waals surface area contributed by atoms with Gasteiger partial charge in [0.05, 0.1) is 17.7 Å². The summed E-state index contributed by atoms with van der Waals surface area (Å²) in [5.74, 6) is 0.589. The van der Waals surface area contributed by atoms with Gasteiger partial charge in [-0.15, -0.1) is 11.3 Å². The summed E-state index contributed by atoms with van der Waals surface area (Å²) < 4.78 is 0. The van der Waals surface area contributed by atoms with Gasteiger partial charge in [0.2, 0.25) is 5.91 Å². The Hall–Kier alpha value is -2.81. The average Bonchev–Trinajstić information content (AvgIpc) is 3.07. The average molecular weight is 428 g/mol. The molecule has 0 unspecified atom stereocenters. The van der Waals surface area contributed by atoms with Crippen molar-refractivity contribution in [3.05, 3.63) is 39.8 Å². The lowest BCUT2D eigenvalue weighted by Crippen LogP contribution is -2.38. The van der Waals surface area contributed by atoms with Crippen LogP contribution in [0.1, 0.15) is 63.7 Å². The number of anilines is 1. The summed E-state index contributed by atoms with van der Waals surface area (Å²) in [6, 6.07) is 0. The molecule has 4 heterocycles. The van der Waals surface area contributed by atoms with Crippen LogP contribution in [0.3, 0.4) is 0 Å². The minimum atomic E-state index is -0.121. The quantitative estimate of drug-likeness (QED) is 0.750. The molecule has 4 rings (SSSR count). The second-order valence-electron chi connectivity index (χ2n) is 7.94. The van der Waals surface area contributed by atoms with Gasteiger partial charge in [-0.3, -0.25) is 14.4 Å². The molecule has 2 aromatic heterocycles. The molecule has 2 aliphatic heterocycles. The Morgan fingerprint density at radius 2 is 1.90 bits per heavy atom. The fourth-order valence-corrected chi connectivity index (χ4v) is 5.32. The number of aromatic nitrogens is 2. The van der Waals surface area contributed by atoms with Crippen LogP contribution in [0.2, 0.25) is 0 Å². The molecule has 0 saturated heterocycles. The van der Waals surface area contributed by atoms with Crippen LogP contribution in [0.4, 0.5) is 5.00 Å². The Morgan fingerprint density at radius 3 is 2.53 bits per heavy atom. The molecule has 2 aromatic rings. The SMILES string of the molecule is CCN1C(=O)CN(C)C(=O)c2c1sc1c2CCN(C(=O)c2cnc(C(C)C)nc2)C1. The summed E-state index contributed by atoms with van der Waals surface area (Å²) in [5, 5.41) is 0.709. The largest absolute Gasteiger partial charge is 0.333 e. The first-order valence-electron chi connectivity index (χ1n) is 10.1. The zero-order chi connectivity index (χ0) is 21.6. The van der Waals surface area contributed by atoms with Crippen molar-refractivity contribution in [2.24, 2.45) is 0 Å². The third-order valence-electron chi connectivity index (χ3n) is 5.56. The van der Waals surface area contributed by atoms with Crippen molar-refractivity contribution in [2.45, 2.75) is 39.7 Å². The molecule has 3 amide bonds. The van der Waals surface area contributed by atoms with E-state index in [4.69, 9.17) is 0 Å². The van der Waals surface area contributed by atoms with Gasteiger partial charge in [-0.1, -0.05) is 13.8 Å². The van der Waals surface area contributed by atoms with E-state index in [1.54, 1.807) is 29.2 Å². The lowest BCUT2D eigenvalue weighted by Gasteiger charge is -2.27. The number of hydrogen-bond acceptors (Lipinski definition) is 6. The zero-order valence-electron chi connectivity index (χ0n) is 17.6. The Labute approximate surface area is 179 Å². The first kappa shape index (κ1) is 20.5. The van der Waals surface area contributed by atoms with E-state index in [1.165, 1.54) is 16.2 Å². The number of carbonyl (C=O) groups is 3. The molecule has 0 spiro atoms. The van der Waals surface area contributed by atoms with Crippen molar-refractivity contribution in [3.63, 3.8) is 0 Å². The molecule has 0 aromatic carbocycles. The van der Waals surface area contributed by atoms with Crippen molar-refractivity contribution >= 4 is 34.1 Å². The number of carbonyl (C=O) groups excluding carboxylic acids is 3. The molecule has 0 atom stereocenters. The minimum absolute atomic E-state index is 0.0824. The molecular formula is C21H25N5O3S. The molecule has 0 radical (unpaired) electrons. The van der Waals surface area contributed by atoms with Crippen LogP contribution in [-0.4, -0.2) is 64.2 Å². The standard InChI is InChI=1S/C21H25N5O3S/c1-5-26-16(27)11-24(4)20(29)17-14-6-7-25(10-15(14)30-21(17)26)19(28)13-8-22-18(12(2)3)23-9-13/h8-9,12H,5-7,10-11H2,1-4H3. The summed E-state index contributed by atoms with van der Waals surface area (Å²) in [5.41, 5.74) is 2.06. The molecule has 0 aliphatic carbocycles. The predicted octanol–water partition coefficient (Wildman–Crippen LogP) is 2.30. The summed E-state index contributed by atoms with van der Waals surface area (Å²) in [4.78, 5) is 53.0. The lowest BCUT2D eigenvalue weighted by atomic mass is 10.0. The van der Waals surface area contributed by atoms with E-state index in [0.717, 1.165) is 10.4 Å². The van der Waals surface area contributed by atoms with Crippen LogP contribution in [-0.2, 0) is 17.8 Å². The van der Waals surface area contributed by atoms with E-state index in [9.17, 15) is 14.4 Å². The molecule has 8 nitrogen and oxygen atoms in total. The Kier molecular flexibility index (Phi) is 5.31. The Bertz CT molecular complexity index is 1010. The van der Waals surface area contributed by atoms with Crippen molar-refractivity contribution in [3.8, 4) is 0 Å². The second-order valence-corrected chi connectivity index (χ2v) is 9.03. The van der Waals surface area contributed by atoms with Crippen molar-refractivity contribution in [1.82, 2.24) is 19.8 Å². The topological polar surface area (TPSA) is 86.7 Å². The van der Waals surface area contributed by atoms with Gasteiger partial charge in [-0.25, -0.2) is 9.97 Å². The second kappa shape index (κ2) is 7.79. The van der Waals surface area contributed by atoms with Gasteiger partial charge in [0.15, 0.2) is 0 Å². The molecule has 9 heteroatoms. The van der Waals surface area contributed by atoms with Gasteiger partial charge in [-0.2, -0.15) is 0 Å². The third-order valence-corrected chi connectivity index (χ3v) is 6.80. The van der Waals surface area contributed by atoms with Gasteiger partial charge in [-0.05, 0) is 18.9 Å². The van der Waals surface area contributed by atoms with Crippen molar-refractivity contribution in [2.75, 3.05) is 31.6 Å². The van der Waals surface area contributed by atoms with Crippen LogP contribution in [0.5, 0.6) is 0 Å². The van der Waals surface area contributed by atoms with E-state index < -0.39 is 0 Å². The van der Waals surface area contributed by atoms with E-state index >= 15 is 0 Å². The third kappa shape index (κ3) is 3.36. The van der Waals surface area contributed by atoms with Gasteiger partial charge < -0.3 is 14.7 Å².